The minimum absolute atomic E-state index is 0.260. The summed E-state index contributed by atoms with van der Waals surface area (Å²) >= 11 is 0. The fraction of sp³-hybridized carbons (Fsp3) is 0.429. The number of anilines is 1. The van der Waals surface area contributed by atoms with Crippen LogP contribution in [0.1, 0.15) is 42.6 Å². The Kier molecular flexibility index (Phi) is 6.29. The van der Waals surface area contributed by atoms with Crippen LogP contribution in [0, 0.1) is 5.92 Å². The Morgan fingerprint density at radius 2 is 2.04 bits per heavy atom. The largest absolute Gasteiger partial charge is 0.472 e. The summed E-state index contributed by atoms with van der Waals surface area (Å²) in [6, 6.07) is 8.81. The molecule has 1 aromatic carbocycles. The molecule has 1 aliphatic rings. The lowest BCUT2D eigenvalue weighted by Gasteiger charge is -2.30. The van der Waals surface area contributed by atoms with Crippen LogP contribution in [-0.2, 0) is 11.3 Å². The highest BCUT2D eigenvalue weighted by Crippen LogP contribution is 2.19. The van der Waals surface area contributed by atoms with Crippen molar-refractivity contribution in [1.29, 1.82) is 0 Å². The van der Waals surface area contributed by atoms with Gasteiger partial charge in [-0.15, -0.1) is 0 Å². The number of hydrogen-bond donors (Lipinski definition) is 2. The molecule has 2 atom stereocenters. The molecular weight excluding hydrogens is 342 g/mol. The molecule has 1 fully saturated rings. The van der Waals surface area contributed by atoms with Gasteiger partial charge in [0, 0.05) is 18.8 Å². The molecule has 0 saturated carbocycles. The van der Waals surface area contributed by atoms with E-state index in [2.05, 4.69) is 22.5 Å². The van der Waals surface area contributed by atoms with Crippen LogP contribution in [0.15, 0.2) is 47.3 Å². The molecule has 0 aliphatic carbocycles. The molecule has 144 valence electrons. The molecule has 2 N–H and O–H groups in total. The van der Waals surface area contributed by atoms with Gasteiger partial charge in [0.25, 0.3) is 5.91 Å². The zero-order valence-electron chi connectivity index (χ0n) is 15.9. The summed E-state index contributed by atoms with van der Waals surface area (Å²) in [6.07, 6.45) is 5.35. The van der Waals surface area contributed by atoms with Crippen LogP contribution in [0.3, 0.4) is 0 Å². The first kappa shape index (κ1) is 19.2. The molecule has 3 rings (SSSR count). The van der Waals surface area contributed by atoms with Crippen LogP contribution in [0.4, 0.5) is 5.69 Å². The molecule has 1 saturated heterocycles. The van der Waals surface area contributed by atoms with E-state index in [-0.39, 0.29) is 11.8 Å². The quantitative estimate of drug-likeness (QED) is 0.820. The Balaban J connectivity index is 1.49. The molecular formula is C21H27N3O3. The van der Waals surface area contributed by atoms with Crippen molar-refractivity contribution in [3.05, 3.63) is 54.0 Å². The Morgan fingerprint density at radius 3 is 2.70 bits per heavy atom. The maximum atomic E-state index is 12.3. The molecule has 0 radical (unpaired) electrons. The normalized spacial score (nSPS) is 18.7. The van der Waals surface area contributed by atoms with Crippen molar-refractivity contribution in [3.8, 4) is 0 Å². The van der Waals surface area contributed by atoms with Crippen LogP contribution in [0.25, 0.3) is 0 Å². The van der Waals surface area contributed by atoms with E-state index in [0.717, 1.165) is 31.2 Å². The van der Waals surface area contributed by atoms with Gasteiger partial charge < -0.3 is 15.1 Å². The van der Waals surface area contributed by atoms with E-state index < -0.39 is 6.04 Å². The molecule has 0 spiro atoms. The second kappa shape index (κ2) is 8.86. The van der Waals surface area contributed by atoms with Gasteiger partial charge >= 0.3 is 0 Å². The molecule has 0 bridgehead atoms. The lowest BCUT2D eigenvalue weighted by Crippen LogP contribution is -2.41. The Labute approximate surface area is 159 Å². The zero-order chi connectivity index (χ0) is 19.2. The average Bonchev–Trinajstić information content (AvgIpc) is 3.18. The molecule has 1 aromatic heterocycles. The first-order chi connectivity index (χ1) is 13.0. The second-order valence-corrected chi connectivity index (χ2v) is 7.38. The zero-order valence-corrected chi connectivity index (χ0v) is 15.9. The first-order valence-electron chi connectivity index (χ1n) is 9.46. The highest BCUT2D eigenvalue weighted by molar-refractivity contribution is 6.00. The minimum atomic E-state index is -0.651. The van der Waals surface area contributed by atoms with Gasteiger partial charge in [-0.1, -0.05) is 19.1 Å². The van der Waals surface area contributed by atoms with Gasteiger partial charge in [0.1, 0.15) is 12.3 Å². The summed E-state index contributed by atoms with van der Waals surface area (Å²) in [6.45, 7) is 7.19. The maximum absolute atomic E-state index is 12.3. The summed E-state index contributed by atoms with van der Waals surface area (Å²) in [4.78, 5) is 26.8. The smallest absolute Gasteiger partial charge is 0.255 e. The number of amides is 2. The van der Waals surface area contributed by atoms with Crippen LogP contribution in [-0.4, -0.2) is 35.8 Å². The first-order valence-corrected chi connectivity index (χ1v) is 9.46. The Bertz CT molecular complexity index is 755. The number of rotatable bonds is 6. The van der Waals surface area contributed by atoms with Gasteiger partial charge in [-0.05, 0) is 56.0 Å². The standard InChI is InChI=1S/C21H27N3O3/c1-15-4-3-10-24(12-15)13-17-5-7-19(8-6-17)23-20(25)16(2)22-21(26)18-9-11-27-14-18/h5-9,11,14-16H,3-4,10,12-13H2,1-2H3,(H,22,26)(H,23,25). The van der Waals surface area contributed by atoms with Crippen molar-refractivity contribution in [1.82, 2.24) is 10.2 Å². The van der Waals surface area contributed by atoms with Crippen LogP contribution >= 0.6 is 0 Å². The predicted molar refractivity (Wildman–Crippen MR) is 104 cm³/mol. The van der Waals surface area contributed by atoms with Crippen LogP contribution in [0.5, 0.6) is 0 Å². The van der Waals surface area contributed by atoms with Gasteiger partial charge in [-0.2, -0.15) is 0 Å². The van der Waals surface area contributed by atoms with Crippen molar-refractivity contribution in [2.45, 2.75) is 39.3 Å². The van der Waals surface area contributed by atoms with Gasteiger partial charge in [-0.3, -0.25) is 14.5 Å². The van der Waals surface area contributed by atoms with Crippen molar-refractivity contribution < 1.29 is 14.0 Å². The molecule has 6 nitrogen and oxygen atoms in total. The molecule has 27 heavy (non-hydrogen) atoms. The lowest BCUT2D eigenvalue weighted by atomic mass is 10.00. The topological polar surface area (TPSA) is 74.6 Å². The number of likely N-dealkylation sites (tertiary alicyclic amines) is 1. The van der Waals surface area contributed by atoms with Gasteiger partial charge in [0.05, 0.1) is 11.8 Å². The van der Waals surface area contributed by atoms with Gasteiger partial charge in [0.15, 0.2) is 0 Å². The summed E-state index contributed by atoms with van der Waals surface area (Å²) in [7, 11) is 0. The molecule has 2 heterocycles. The minimum Gasteiger partial charge on any atom is -0.472 e. The van der Waals surface area contributed by atoms with E-state index in [9.17, 15) is 9.59 Å². The van der Waals surface area contributed by atoms with Gasteiger partial charge in [0.2, 0.25) is 5.91 Å². The fourth-order valence-electron chi connectivity index (χ4n) is 3.37. The maximum Gasteiger partial charge on any atom is 0.255 e. The summed E-state index contributed by atoms with van der Waals surface area (Å²) in [5, 5.41) is 5.49. The number of nitrogens with one attached hydrogen (secondary N) is 2. The van der Waals surface area contributed by atoms with Crippen molar-refractivity contribution in [2.75, 3.05) is 18.4 Å². The van der Waals surface area contributed by atoms with Gasteiger partial charge in [-0.25, -0.2) is 0 Å². The molecule has 6 heteroatoms. The summed E-state index contributed by atoms with van der Waals surface area (Å²) in [5.74, 6) is 0.165. The third-order valence-corrected chi connectivity index (χ3v) is 4.89. The number of carbonyl (C=O) groups excluding carboxylic acids is 2. The number of nitrogens with zero attached hydrogens (tertiary/aromatic N) is 1. The second-order valence-electron chi connectivity index (χ2n) is 7.38. The Hall–Kier alpha value is -2.60. The predicted octanol–water partition coefficient (Wildman–Crippen LogP) is 3.27. The van der Waals surface area contributed by atoms with E-state index in [0.29, 0.717) is 5.56 Å². The third-order valence-electron chi connectivity index (χ3n) is 4.89. The van der Waals surface area contributed by atoms with E-state index in [1.165, 1.54) is 30.9 Å². The number of piperidine rings is 1. The summed E-state index contributed by atoms with van der Waals surface area (Å²) < 4.78 is 4.88. The number of carbonyl (C=O) groups is 2. The van der Waals surface area contributed by atoms with Crippen molar-refractivity contribution in [2.24, 2.45) is 5.92 Å². The molecule has 2 aromatic rings. The van der Waals surface area contributed by atoms with E-state index >= 15 is 0 Å². The number of furan rings is 1. The van der Waals surface area contributed by atoms with E-state index in [4.69, 9.17) is 4.42 Å². The number of benzene rings is 1. The van der Waals surface area contributed by atoms with E-state index in [1.54, 1.807) is 13.0 Å². The van der Waals surface area contributed by atoms with E-state index in [1.807, 2.05) is 24.3 Å². The van der Waals surface area contributed by atoms with Crippen LogP contribution < -0.4 is 10.6 Å². The van der Waals surface area contributed by atoms with Crippen molar-refractivity contribution >= 4 is 17.5 Å². The highest BCUT2D eigenvalue weighted by atomic mass is 16.3. The van der Waals surface area contributed by atoms with Crippen molar-refractivity contribution in [3.63, 3.8) is 0 Å². The van der Waals surface area contributed by atoms with Crippen LogP contribution in [0.2, 0.25) is 0 Å². The molecule has 2 unspecified atom stereocenters. The Morgan fingerprint density at radius 1 is 1.26 bits per heavy atom. The monoisotopic (exact) mass is 369 g/mol. The third kappa shape index (κ3) is 5.44. The fourth-order valence-corrected chi connectivity index (χ4v) is 3.37. The highest BCUT2D eigenvalue weighted by Gasteiger charge is 2.18. The average molecular weight is 369 g/mol. The summed E-state index contributed by atoms with van der Waals surface area (Å²) in [5.41, 5.74) is 2.36. The molecule has 2 amide bonds. The SMILES string of the molecule is CC1CCCN(Cc2ccc(NC(=O)C(C)NC(=O)c3ccoc3)cc2)C1. The lowest BCUT2D eigenvalue weighted by molar-refractivity contribution is -0.117. The molecule has 1 aliphatic heterocycles. The number of hydrogen-bond acceptors (Lipinski definition) is 4.